The maximum Gasteiger partial charge on any atom is 0.317 e. The molecule has 0 aliphatic carbocycles. The molecule has 2 atom stereocenters. The molecule has 1 saturated heterocycles. The van der Waals surface area contributed by atoms with Crippen molar-refractivity contribution in [3.63, 3.8) is 0 Å². The summed E-state index contributed by atoms with van der Waals surface area (Å²) in [7, 11) is 0. The Morgan fingerprint density at radius 2 is 2.22 bits per heavy atom. The topological polar surface area (TPSA) is 74.6 Å². The first-order valence-electron chi connectivity index (χ1n) is 8.36. The molecule has 2 amide bonds. The van der Waals surface area contributed by atoms with E-state index in [9.17, 15) is 14.7 Å². The third kappa shape index (κ3) is 4.82. The molecule has 2 heterocycles. The minimum absolute atomic E-state index is 0.0234. The van der Waals surface area contributed by atoms with Crippen molar-refractivity contribution >= 4 is 6.03 Å². The van der Waals surface area contributed by atoms with Crippen LogP contribution in [0, 0.1) is 12.8 Å². The van der Waals surface area contributed by atoms with Gasteiger partial charge < -0.3 is 19.9 Å². The van der Waals surface area contributed by atoms with Crippen molar-refractivity contribution in [1.29, 1.82) is 0 Å². The highest BCUT2D eigenvalue weighted by molar-refractivity contribution is 5.74. The molecule has 0 saturated carbocycles. The van der Waals surface area contributed by atoms with Crippen molar-refractivity contribution in [3.05, 3.63) is 34.2 Å². The van der Waals surface area contributed by atoms with Gasteiger partial charge in [-0.2, -0.15) is 0 Å². The second-order valence-electron chi connectivity index (χ2n) is 6.33. The van der Waals surface area contributed by atoms with Gasteiger partial charge >= 0.3 is 6.03 Å². The Hall–Kier alpha value is -1.82. The van der Waals surface area contributed by atoms with Gasteiger partial charge in [-0.1, -0.05) is 6.07 Å². The summed E-state index contributed by atoms with van der Waals surface area (Å²) in [6, 6.07) is 5.21. The van der Waals surface area contributed by atoms with Crippen molar-refractivity contribution in [2.75, 3.05) is 19.6 Å². The lowest BCUT2D eigenvalue weighted by Crippen LogP contribution is -2.39. The summed E-state index contributed by atoms with van der Waals surface area (Å²) in [5.41, 5.74) is 0.984. The molecule has 1 aromatic rings. The summed E-state index contributed by atoms with van der Waals surface area (Å²) >= 11 is 0. The molecule has 1 aliphatic rings. The van der Waals surface area contributed by atoms with Crippen LogP contribution in [0.1, 0.15) is 31.9 Å². The maximum atomic E-state index is 12.0. The Labute approximate surface area is 137 Å². The number of aliphatic hydroxyl groups excluding tert-OH is 1. The van der Waals surface area contributed by atoms with Crippen LogP contribution in [0.4, 0.5) is 4.79 Å². The number of unbranched alkanes of at least 4 members (excludes halogenated alkanes) is 1. The van der Waals surface area contributed by atoms with E-state index in [-0.39, 0.29) is 23.6 Å². The molecule has 0 bridgehead atoms. The molecule has 6 heteroatoms. The number of pyridine rings is 1. The first-order valence-corrected chi connectivity index (χ1v) is 8.36. The molecule has 0 unspecified atom stereocenters. The van der Waals surface area contributed by atoms with Gasteiger partial charge in [0.25, 0.3) is 5.56 Å². The number of nitrogens with one attached hydrogen (secondary N) is 1. The van der Waals surface area contributed by atoms with Crippen molar-refractivity contribution in [1.82, 2.24) is 14.8 Å². The van der Waals surface area contributed by atoms with Crippen LogP contribution in [-0.4, -0.2) is 46.3 Å². The number of aryl methyl sites for hydroxylation is 1. The fraction of sp³-hybridized carbons (Fsp3) is 0.647. The maximum absolute atomic E-state index is 12.0. The quantitative estimate of drug-likeness (QED) is 0.777. The van der Waals surface area contributed by atoms with Crippen molar-refractivity contribution < 1.29 is 9.90 Å². The van der Waals surface area contributed by atoms with Gasteiger partial charge in [-0.3, -0.25) is 4.79 Å². The van der Waals surface area contributed by atoms with Crippen LogP contribution in [-0.2, 0) is 6.54 Å². The summed E-state index contributed by atoms with van der Waals surface area (Å²) in [6.07, 6.45) is 2.18. The van der Waals surface area contributed by atoms with Gasteiger partial charge in [0.15, 0.2) is 0 Å². The van der Waals surface area contributed by atoms with E-state index in [1.807, 2.05) is 13.0 Å². The number of urea groups is 1. The number of aliphatic hydroxyl groups is 1. The Balaban J connectivity index is 1.66. The predicted octanol–water partition coefficient (Wildman–Crippen LogP) is 1.35. The smallest absolute Gasteiger partial charge is 0.317 e. The zero-order valence-corrected chi connectivity index (χ0v) is 14.0. The average Bonchev–Trinajstić information content (AvgIpc) is 2.99. The standard InChI is InChI=1S/C17H27N3O3/c1-13-6-5-7-16(22)20(13)10-4-3-9-18-17(23)19-11-8-15(12-19)14(2)21/h5-7,14-15,21H,3-4,8-12H2,1-2H3,(H,18,23)/t14-,15+/m0/s1. The molecule has 2 N–H and O–H groups in total. The molecular weight excluding hydrogens is 294 g/mol. The van der Waals surface area contributed by atoms with E-state index in [2.05, 4.69) is 5.32 Å². The minimum Gasteiger partial charge on any atom is -0.393 e. The monoisotopic (exact) mass is 321 g/mol. The molecule has 6 nitrogen and oxygen atoms in total. The molecule has 128 valence electrons. The van der Waals surface area contributed by atoms with E-state index >= 15 is 0 Å². The summed E-state index contributed by atoms with van der Waals surface area (Å²) < 4.78 is 1.76. The summed E-state index contributed by atoms with van der Waals surface area (Å²) in [4.78, 5) is 25.5. The number of carbonyl (C=O) groups excluding carboxylic acids is 1. The summed E-state index contributed by atoms with van der Waals surface area (Å²) in [6.45, 7) is 6.32. The van der Waals surface area contributed by atoms with Gasteiger partial charge in [0.1, 0.15) is 0 Å². The number of amides is 2. The van der Waals surface area contributed by atoms with E-state index in [1.165, 1.54) is 0 Å². The van der Waals surface area contributed by atoms with Crippen LogP contribution in [0.5, 0.6) is 0 Å². The highest BCUT2D eigenvalue weighted by atomic mass is 16.3. The zero-order valence-electron chi connectivity index (χ0n) is 14.0. The lowest BCUT2D eigenvalue weighted by molar-refractivity contribution is 0.129. The fourth-order valence-electron chi connectivity index (χ4n) is 2.98. The molecular formula is C17H27N3O3. The first-order chi connectivity index (χ1) is 11.0. The number of likely N-dealkylation sites (tertiary alicyclic amines) is 1. The number of rotatable bonds is 6. The second kappa shape index (κ2) is 8.15. The Bertz CT molecular complexity index is 583. The van der Waals surface area contributed by atoms with Gasteiger partial charge in [-0.25, -0.2) is 4.79 Å². The third-order valence-electron chi connectivity index (χ3n) is 4.55. The van der Waals surface area contributed by atoms with Gasteiger partial charge in [0, 0.05) is 43.9 Å². The summed E-state index contributed by atoms with van der Waals surface area (Å²) in [5, 5.41) is 12.5. The first kappa shape index (κ1) is 17.5. The van der Waals surface area contributed by atoms with Gasteiger partial charge in [0.2, 0.25) is 0 Å². The van der Waals surface area contributed by atoms with Crippen LogP contribution in [0.15, 0.2) is 23.0 Å². The van der Waals surface area contributed by atoms with Gasteiger partial charge in [-0.05, 0) is 39.2 Å². The number of aromatic nitrogens is 1. The molecule has 0 aromatic carbocycles. The fourth-order valence-corrected chi connectivity index (χ4v) is 2.98. The van der Waals surface area contributed by atoms with Crippen LogP contribution < -0.4 is 10.9 Å². The normalized spacial score (nSPS) is 18.9. The van der Waals surface area contributed by atoms with Gasteiger partial charge in [0.05, 0.1) is 6.10 Å². The van der Waals surface area contributed by atoms with Crippen LogP contribution in [0.25, 0.3) is 0 Å². The molecule has 1 aliphatic heterocycles. The molecule has 0 radical (unpaired) electrons. The SMILES string of the molecule is Cc1cccc(=O)n1CCCCNC(=O)N1CC[C@@H]([C@H](C)O)C1. The van der Waals surface area contributed by atoms with Crippen LogP contribution >= 0.6 is 0 Å². The van der Waals surface area contributed by atoms with Gasteiger partial charge in [-0.15, -0.1) is 0 Å². The summed E-state index contributed by atoms with van der Waals surface area (Å²) in [5.74, 6) is 0.189. The highest BCUT2D eigenvalue weighted by Crippen LogP contribution is 2.19. The Morgan fingerprint density at radius 1 is 1.43 bits per heavy atom. The van der Waals surface area contributed by atoms with Crippen molar-refractivity contribution in [2.24, 2.45) is 5.92 Å². The average molecular weight is 321 g/mol. The Morgan fingerprint density at radius 3 is 2.87 bits per heavy atom. The second-order valence-corrected chi connectivity index (χ2v) is 6.33. The number of carbonyl (C=O) groups is 1. The van der Waals surface area contributed by atoms with E-state index in [1.54, 1.807) is 28.5 Å². The molecule has 1 fully saturated rings. The van der Waals surface area contributed by atoms with Crippen LogP contribution in [0.3, 0.4) is 0 Å². The molecule has 23 heavy (non-hydrogen) atoms. The highest BCUT2D eigenvalue weighted by Gasteiger charge is 2.28. The number of nitrogens with zero attached hydrogens (tertiary/aromatic N) is 2. The minimum atomic E-state index is -0.361. The lowest BCUT2D eigenvalue weighted by atomic mass is 10.0. The predicted molar refractivity (Wildman–Crippen MR) is 89.4 cm³/mol. The lowest BCUT2D eigenvalue weighted by Gasteiger charge is -2.18. The molecule has 2 rings (SSSR count). The number of hydrogen-bond donors (Lipinski definition) is 2. The number of hydrogen-bond acceptors (Lipinski definition) is 3. The zero-order chi connectivity index (χ0) is 16.8. The third-order valence-corrected chi connectivity index (χ3v) is 4.55. The van der Waals surface area contributed by atoms with Crippen LogP contribution in [0.2, 0.25) is 0 Å². The Kier molecular flexibility index (Phi) is 6.21. The molecule has 1 aromatic heterocycles. The molecule has 0 spiro atoms. The van der Waals surface area contributed by atoms with E-state index in [0.717, 1.165) is 25.0 Å². The van der Waals surface area contributed by atoms with Crippen molar-refractivity contribution in [3.8, 4) is 0 Å². The largest absolute Gasteiger partial charge is 0.393 e. The van der Waals surface area contributed by atoms with E-state index in [0.29, 0.717) is 26.2 Å². The van der Waals surface area contributed by atoms with Crippen molar-refractivity contribution in [2.45, 2.75) is 45.8 Å². The van der Waals surface area contributed by atoms with E-state index < -0.39 is 0 Å². The van der Waals surface area contributed by atoms with E-state index in [4.69, 9.17) is 0 Å².